The van der Waals surface area contributed by atoms with E-state index in [0.717, 1.165) is 16.2 Å². The van der Waals surface area contributed by atoms with Crippen LogP contribution in [0.2, 0.25) is 0 Å². The van der Waals surface area contributed by atoms with Crippen LogP contribution < -0.4 is 4.74 Å². The van der Waals surface area contributed by atoms with Crippen molar-refractivity contribution in [2.24, 2.45) is 0 Å². The molecular formula is C17H20O3S. The Morgan fingerprint density at radius 2 is 1.67 bits per heavy atom. The Morgan fingerprint density at radius 3 is 2.24 bits per heavy atom. The molecule has 0 fully saturated rings. The third-order valence-corrected chi connectivity index (χ3v) is 4.52. The molecule has 2 aromatic carbocycles. The Balaban J connectivity index is 2.18. The van der Waals surface area contributed by atoms with Gasteiger partial charge in [-0.15, -0.1) is 11.8 Å². The van der Waals surface area contributed by atoms with Crippen molar-refractivity contribution >= 4 is 11.8 Å². The highest BCUT2D eigenvalue weighted by molar-refractivity contribution is 7.99. The molecule has 2 atom stereocenters. The van der Waals surface area contributed by atoms with Gasteiger partial charge >= 0.3 is 0 Å². The van der Waals surface area contributed by atoms with E-state index >= 15 is 0 Å². The number of rotatable bonds is 7. The maximum Gasteiger partial charge on any atom is 0.118 e. The third kappa shape index (κ3) is 4.49. The molecule has 0 radical (unpaired) electrons. The zero-order chi connectivity index (χ0) is 15.1. The largest absolute Gasteiger partial charge is 0.497 e. The minimum absolute atomic E-state index is 0.0699. The van der Waals surface area contributed by atoms with Crippen LogP contribution in [0, 0.1) is 0 Å². The molecule has 1 N–H and O–H groups in total. The van der Waals surface area contributed by atoms with Gasteiger partial charge in [0, 0.05) is 12.0 Å². The summed E-state index contributed by atoms with van der Waals surface area (Å²) >= 11 is 1.62. The molecule has 0 aromatic heterocycles. The van der Waals surface area contributed by atoms with Gasteiger partial charge in [-0.1, -0.05) is 30.3 Å². The molecule has 0 aliphatic heterocycles. The summed E-state index contributed by atoms with van der Waals surface area (Å²) in [4.78, 5) is 1.08. The van der Waals surface area contributed by atoms with Gasteiger partial charge in [-0.2, -0.15) is 0 Å². The van der Waals surface area contributed by atoms with Crippen LogP contribution in [0.5, 0.6) is 5.75 Å². The summed E-state index contributed by atoms with van der Waals surface area (Å²) in [6.07, 6.45) is -0.565. The maximum absolute atomic E-state index is 10.4. The molecule has 2 aromatic rings. The molecule has 0 saturated heterocycles. The first-order valence-corrected chi connectivity index (χ1v) is 7.65. The zero-order valence-corrected chi connectivity index (χ0v) is 13.0. The highest BCUT2D eigenvalue weighted by Crippen LogP contribution is 2.38. The lowest BCUT2D eigenvalue weighted by molar-refractivity contribution is 0.0631. The van der Waals surface area contributed by atoms with Crippen LogP contribution in [0.25, 0.3) is 0 Å². The quantitative estimate of drug-likeness (QED) is 0.794. The van der Waals surface area contributed by atoms with Crippen molar-refractivity contribution in [2.45, 2.75) is 16.2 Å². The Morgan fingerprint density at radius 1 is 1.00 bits per heavy atom. The molecule has 0 heterocycles. The second-order valence-corrected chi connectivity index (χ2v) is 5.86. The van der Waals surface area contributed by atoms with E-state index in [1.807, 2.05) is 54.6 Å². The van der Waals surface area contributed by atoms with Crippen molar-refractivity contribution < 1.29 is 14.6 Å². The number of aliphatic hydroxyl groups is 1. The van der Waals surface area contributed by atoms with Gasteiger partial charge in [0.2, 0.25) is 0 Å². The summed E-state index contributed by atoms with van der Waals surface area (Å²) in [6.45, 7) is 0.308. The normalized spacial score (nSPS) is 13.7. The molecule has 21 heavy (non-hydrogen) atoms. The van der Waals surface area contributed by atoms with Gasteiger partial charge in [0.1, 0.15) is 5.75 Å². The molecule has 0 amide bonds. The Kier molecular flexibility index (Phi) is 6.11. The standard InChI is InChI=1S/C17H20O3S/c1-19-12-16(18)17(13-6-4-3-5-7-13)21-15-10-8-14(20-2)9-11-15/h3-11,16-18H,12H2,1-2H3/t16-,17+/m0/s1. The highest BCUT2D eigenvalue weighted by atomic mass is 32.2. The van der Waals surface area contributed by atoms with Crippen LogP contribution >= 0.6 is 11.8 Å². The molecule has 4 heteroatoms. The van der Waals surface area contributed by atoms with Gasteiger partial charge in [-0.25, -0.2) is 0 Å². The van der Waals surface area contributed by atoms with E-state index in [-0.39, 0.29) is 5.25 Å². The highest BCUT2D eigenvalue weighted by Gasteiger charge is 2.22. The molecule has 0 aliphatic rings. The number of thioether (sulfide) groups is 1. The fourth-order valence-corrected chi connectivity index (χ4v) is 3.19. The molecule has 0 saturated carbocycles. The lowest BCUT2D eigenvalue weighted by Crippen LogP contribution is -2.21. The Bertz CT molecular complexity index is 527. The lowest BCUT2D eigenvalue weighted by atomic mass is 10.1. The Labute approximate surface area is 129 Å². The Hall–Kier alpha value is -1.49. The van der Waals surface area contributed by atoms with E-state index in [0.29, 0.717) is 6.61 Å². The van der Waals surface area contributed by atoms with E-state index < -0.39 is 6.10 Å². The number of methoxy groups -OCH3 is 2. The third-order valence-electron chi connectivity index (χ3n) is 3.14. The van der Waals surface area contributed by atoms with Crippen molar-refractivity contribution in [2.75, 3.05) is 20.8 Å². The second-order valence-electron chi connectivity index (χ2n) is 4.65. The minimum Gasteiger partial charge on any atom is -0.497 e. The van der Waals surface area contributed by atoms with Crippen LogP contribution in [0.3, 0.4) is 0 Å². The van der Waals surface area contributed by atoms with Gasteiger partial charge in [-0.05, 0) is 29.8 Å². The van der Waals surface area contributed by atoms with Crippen molar-refractivity contribution in [3.05, 3.63) is 60.2 Å². The molecule has 3 nitrogen and oxygen atoms in total. The molecule has 0 bridgehead atoms. The zero-order valence-electron chi connectivity index (χ0n) is 12.2. The molecule has 0 unspecified atom stereocenters. The molecule has 0 spiro atoms. The fraction of sp³-hybridized carbons (Fsp3) is 0.294. The first kappa shape index (κ1) is 15.9. The number of ether oxygens (including phenoxy) is 2. The summed E-state index contributed by atoms with van der Waals surface area (Å²) in [5, 5.41) is 10.3. The second kappa shape index (κ2) is 8.08. The number of hydrogen-bond donors (Lipinski definition) is 1. The van der Waals surface area contributed by atoms with Gasteiger partial charge in [0.05, 0.1) is 25.1 Å². The number of aliphatic hydroxyl groups excluding tert-OH is 1. The summed E-state index contributed by atoms with van der Waals surface area (Å²) in [7, 11) is 3.25. The summed E-state index contributed by atoms with van der Waals surface area (Å²) in [5.74, 6) is 0.827. The SMILES string of the molecule is COC[C@H](O)[C@H](Sc1ccc(OC)cc1)c1ccccc1. The van der Waals surface area contributed by atoms with Crippen LogP contribution in [0.4, 0.5) is 0 Å². The maximum atomic E-state index is 10.4. The predicted octanol–water partition coefficient (Wildman–Crippen LogP) is 3.54. The molecular weight excluding hydrogens is 284 g/mol. The predicted molar refractivity (Wildman–Crippen MR) is 85.9 cm³/mol. The molecule has 112 valence electrons. The summed E-state index contributed by atoms with van der Waals surface area (Å²) < 4.78 is 10.3. The van der Waals surface area contributed by atoms with Gasteiger partial charge in [0.15, 0.2) is 0 Å². The van der Waals surface area contributed by atoms with Crippen LogP contribution in [0.1, 0.15) is 10.8 Å². The van der Waals surface area contributed by atoms with Crippen LogP contribution in [-0.4, -0.2) is 32.0 Å². The fourth-order valence-electron chi connectivity index (χ4n) is 2.07. The van der Waals surface area contributed by atoms with Crippen molar-refractivity contribution in [1.82, 2.24) is 0 Å². The minimum atomic E-state index is -0.565. The topological polar surface area (TPSA) is 38.7 Å². The first-order chi connectivity index (χ1) is 10.2. The van der Waals surface area contributed by atoms with Crippen LogP contribution in [-0.2, 0) is 4.74 Å². The van der Waals surface area contributed by atoms with Gasteiger partial charge < -0.3 is 14.6 Å². The van der Waals surface area contributed by atoms with E-state index in [1.54, 1.807) is 26.0 Å². The average Bonchev–Trinajstić information content (AvgIpc) is 2.54. The van der Waals surface area contributed by atoms with Gasteiger partial charge in [0.25, 0.3) is 0 Å². The monoisotopic (exact) mass is 304 g/mol. The summed E-state index contributed by atoms with van der Waals surface area (Å²) in [5.41, 5.74) is 1.09. The van der Waals surface area contributed by atoms with E-state index in [2.05, 4.69) is 0 Å². The average molecular weight is 304 g/mol. The summed E-state index contributed by atoms with van der Waals surface area (Å²) in [6, 6.07) is 17.8. The number of benzene rings is 2. The van der Waals surface area contributed by atoms with E-state index in [4.69, 9.17) is 9.47 Å². The van der Waals surface area contributed by atoms with E-state index in [9.17, 15) is 5.11 Å². The van der Waals surface area contributed by atoms with Gasteiger partial charge in [-0.3, -0.25) is 0 Å². The first-order valence-electron chi connectivity index (χ1n) is 6.77. The van der Waals surface area contributed by atoms with Crippen molar-refractivity contribution in [3.63, 3.8) is 0 Å². The van der Waals surface area contributed by atoms with Crippen molar-refractivity contribution in [1.29, 1.82) is 0 Å². The smallest absolute Gasteiger partial charge is 0.118 e. The lowest BCUT2D eigenvalue weighted by Gasteiger charge is -2.22. The number of hydrogen-bond acceptors (Lipinski definition) is 4. The van der Waals surface area contributed by atoms with Crippen molar-refractivity contribution in [3.8, 4) is 5.75 Å². The van der Waals surface area contributed by atoms with E-state index in [1.165, 1.54) is 0 Å². The van der Waals surface area contributed by atoms with Crippen LogP contribution in [0.15, 0.2) is 59.5 Å². The molecule has 0 aliphatic carbocycles. The molecule has 2 rings (SSSR count).